The summed E-state index contributed by atoms with van der Waals surface area (Å²) in [6, 6.07) is 4.22. The summed E-state index contributed by atoms with van der Waals surface area (Å²) in [6.07, 6.45) is 1.51. The Bertz CT molecular complexity index is 802. The van der Waals surface area contributed by atoms with Gasteiger partial charge in [0.05, 0.1) is 16.8 Å². The van der Waals surface area contributed by atoms with Gasteiger partial charge in [-0.05, 0) is 23.6 Å². The number of carbonyl (C=O) groups excluding carboxylic acids is 1. The molecule has 2 heterocycles. The van der Waals surface area contributed by atoms with E-state index in [-0.39, 0.29) is 10.7 Å². The summed E-state index contributed by atoms with van der Waals surface area (Å²) in [6.45, 7) is 0. The molecule has 0 aliphatic rings. The first-order valence-corrected chi connectivity index (χ1v) is 8.70. The lowest BCUT2D eigenvalue weighted by Gasteiger charge is -2.12. The average Bonchev–Trinajstić information content (AvgIpc) is 2.97. The fraction of sp³-hybridized carbons (Fsp3) is 0.231. The predicted octanol–water partition coefficient (Wildman–Crippen LogP) is 2.46. The van der Waals surface area contributed by atoms with E-state index >= 15 is 0 Å². The molecule has 2 aromatic heterocycles. The Morgan fingerprint density at radius 3 is 2.52 bits per heavy atom. The minimum atomic E-state index is -4.83. The monoisotopic (exact) mass is 361 g/mol. The van der Waals surface area contributed by atoms with Crippen molar-refractivity contribution in [2.45, 2.75) is 10.7 Å². The first-order chi connectivity index (χ1) is 10.7. The molecule has 0 atom stereocenters. The summed E-state index contributed by atoms with van der Waals surface area (Å²) < 4.78 is 48.4. The number of nitrogens with zero attached hydrogens (tertiary/aromatic N) is 2. The molecular formula is C13H13F2N3O3S2. The second-order valence-corrected chi connectivity index (χ2v) is 7.47. The minimum Gasteiger partial charge on any atom is -0.376 e. The molecule has 23 heavy (non-hydrogen) atoms. The Hall–Kier alpha value is -2.07. The second kappa shape index (κ2) is 6.59. The van der Waals surface area contributed by atoms with Crippen LogP contribution in [0.15, 0.2) is 34.7 Å². The van der Waals surface area contributed by atoms with E-state index in [0.29, 0.717) is 0 Å². The van der Waals surface area contributed by atoms with Crippen LogP contribution in [0.4, 0.5) is 20.3 Å². The van der Waals surface area contributed by atoms with Crippen LogP contribution in [0.3, 0.4) is 0 Å². The number of nitrogens with one attached hydrogen (secondary N) is 1. The second-order valence-electron chi connectivity index (χ2n) is 4.67. The Labute approximate surface area is 135 Å². The maximum absolute atomic E-state index is 12.6. The maximum Gasteiger partial charge on any atom is 0.341 e. The molecule has 0 aromatic carbocycles. The number of amides is 1. The summed E-state index contributed by atoms with van der Waals surface area (Å²) >= 11 is 0.769. The van der Waals surface area contributed by atoms with E-state index in [4.69, 9.17) is 0 Å². The Kier molecular flexibility index (Phi) is 4.95. The minimum absolute atomic E-state index is 0.189. The molecule has 0 spiro atoms. The van der Waals surface area contributed by atoms with E-state index in [2.05, 4.69) is 10.3 Å². The van der Waals surface area contributed by atoms with Gasteiger partial charge in [0.15, 0.2) is 0 Å². The third-order valence-electron chi connectivity index (χ3n) is 2.88. The highest BCUT2D eigenvalue weighted by molar-refractivity contribution is 7.92. The number of pyridine rings is 1. The van der Waals surface area contributed by atoms with Crippen molar-refractivity contribution in [3.63, 3.8) is 0 Å². The molecule has 0 unspecified atom stereocenters. The number of carbonyl (C=O) groups is 1. The Morgan fingerprint density at radius 1 is 1.30 bits per heavy atom. The van der Waals surface area contributed by atoms with E-state index in [1.165, 1.54) is 17.6 Å². The Morgan fingerprint density at radius 2 is 2.00 bits per heavy atom. The van der Waals surface area contributed by atoms with Gasteiger partial charge >= 0.3 is 5.76 Å². The van der Waals surface area contributed by atoms with Gasteiger partial charge in [-0.15, -0.1) is 11.3 Å². The molecule has 0 fully saturated rings. The van der Waals surface area contributed by atoms with Crippen LogP contribution in [0.25, 0.3) is 0 Å². The summed E-state index contributed by atoms with van der Waals surface area (Å²) in [7, 11) is -1.19. The summed E-state index contributed by atoms with van der Waals surface area (Å²) in [5, 5.41) is 3.66. The lowest BCUT2D eigenvalue weighted by atomic mass is 10.3. The molecule has 6 nitrogen and oxygen atoms in total. The third-order valence-corrected chi connectivity index (χ3v) is 5.35. The maximum atomic E-state index is 12.6. The van der Waals surface area contributed by atoms with Crippen molar-refractivity contribution < 1.29 is 22.0 Å². The number of sulfone groups is 1. The number of rotatable bonds is 5. The molecule has 124 valence electrons. The molecule has 0 aliphatic heterocycles. The van der Waals surface area contributed by atoms with Crippen LogP contribution in [0.1, 0.15) is 9.67 Å². The molecule has 0 saturated heterocycles. The number of anilines is 2. The topological polar surface area (TPSA) is 79.4 Å². The van der Waals surface area contributed by atoms with Crippen LogP contribution in [-0.2, 0) is 9.84 Å². The number of thiophene rings is 1. The summed E-state index contributed by atoms with van der Waals surface area (Å²) in [5.41, 5.74) is 0.806. The van der Waals surface area contributed by atoms with Gasteiger partial charge in [0.2, 0.25) is 9.84 Å². The SMILES string of the molecule is CN(C)c1ccc(NC(=O)c2sccc2S(=O)(=O)C(F)F)nc1. The first kappa shape index (κ1) is 17.3. The van der Waals surface area contributed by atoms with Crippen LogP contribution < -0.4 is 10.2 Å². The zero-order chi connectivity index (χ0) is 17.2. The fourth-order valence-electron chi connectivity index (χ4n) is 1.68. The van der Waals surface area contributed by atoms with E-state index in [1.807, 2.05) is 19.0 Å². The molecule has 0 bridgehead atoms. The highest BCUT2D eigenvalue weighted by atomic mass is 32.2. The molecule has 1 N–H and O–H groups in total. The molecule has 1 amide bonds. The number of alkyl halides is 2. The van der Waals surface area contributed by atoms with Gasteiger partial charge in [-0.2, -0.15) is 8.78 Å². The van der Waals surface area contributed by atoms with E-state index < -0.39 is 26.4 Å². The first-order valence-electron chi connectivity index (χ1n) is 6.27. The van der Waals surface area contributed by atoms with Gasteiger partial charge in [0.1, 0.15) is 10.7 Å². The highest BCUT2D eigenvalue weighted by Crippen LogP contribution is 2.27. The van der Waals surface area contributed by atoms with Gasteiger partial charge in [-0.1, -0.05) is 0 Å². The molecular weight excluding hydrogens is 348 g/mol. The third kappa shape index (κ3) is 3.64. The summed E-state index contributed by atoms with van der Waals surface area (Å²) in [4.78, 5) is 17.0. The predicted molar refractivity (Wildman–Crippen MR) is 84.0 cm³/mol. The van der Waals surface area contributed by atoms with Crippen LogP contribution in [-0.4, -0.2) is 39.2 Å². The molecule has 10 heteroatoms. The van der Waals surface area contributed by atoms with Crippen LogP contribution >= 0.6 is 11.3 Å². The molecule has 2 aromatic rings. The normalized spacial score (nSPS) is 11.5. The van der Waals surface area contributed by atoms with Crippen molar-refractivity contribution >= 4 is 38.6 Å². The van der Waals surface area contributed by atoms with E-state index in [9.17, 15) is 22.0 Å². The van der Waals surface area contributed by atoms with Crippen LogP contribution in [0.2, 0.25) is 0 Å². The van der Waals surface area contributed by atoms with E-state index in [1.54, 1.807) is 6.07 Å². The quantitative estimate of drug-likeness (QED) is 0.885. The van der Waals surface area contributed by atoms with Gasteiger partial charge < -0.3 is 10.2 Å². The van der Waals surface area contributed by atoms with Crippen molar-refractivity contribution in [2.24, 2.45) is 0 Å². The van der Waals surface area contributed by atoms with Crippen molar-refractivity contribution in [2.75, 3.05) is 24.3 Å². The smallest absolute Gasteiger partial charge is 0.341 e. The fourth-order valence-corrected chi connectivity index (χ4v) is 3.74. The van der Waals surface area contributed by atoms with Crippen molar-refractivity contribution in [3.05, 3.63) is 34.7 Å². The van der Waals surface area contributed by atoms with Crippen molar-refractivity contribution in [3.8, 4) is 0 Å². The standard InChI is InChI=1S/C13H13F2N3O3S2/c1-18(2)8-3-4-10(16-7-8)17-12(19)11-9(5-6-22-11)23(20,21)13(14)15/h3-7,13H,1-2H3,(H,16,17,19). The van der Waals surface area contributed by atoms with Gasteiger partial charge in [-0.3, -0.25) is 4.79 Å². The van der Waals surface area contributed by atoms with Crippen molar-refractivity contribution in [1.29, 1.82) is 0 Å². The lowest BCUT2D eigenvalue weighted by molar-refractivity contribution is 0.102. The number of hydrogen-bond donors (Lipinski definition) is 1. The number of hydrogen-bond acceptors (Lipinski definition) is 6. The number of halogens is 2. The average molecular weight is 361 g/mol. The Balaban J connectivity index is 2.24. The number of aromatic nitrogens is 1. The zero-order valence-corrected chi connectivity index (χ0v) is 13.8. The van der Waals surface area contributed by atoms with E-state index in [0.717, 1.165) is 23.1 Å². The largest absolute Gasteiger partial charge is 0.376 e. The van der Waals surface area contributed by atoms with Gasteiger partial charge in [-0.25, -0.2) is 13.4 Å². The summed E-state index contributed by atoms with van der Waals surface area (Å²) in [5.74, 6) is -4.19. The van der Waals surface area contributed by atoms with Crippen LogP contribution in [0.5, 0.6) is 0 Å². The van der Waals surface area contributed by atoms with Gasteiger partial charge in [0.25, 0.3) is 5.91 Å². The van der Waals surface area contributed by atoms with Crippen LogP contribution in [0, 0.1) is 0 Å². The molecule has 0 saturated carbocycles. The molecule has 0 aliphatic carbocycles. The van der Waals surface area contributed by atoms with Crippen molar-refractivity contribution in [1.82, 2.24) is 4.98 Å². The molecule has 0 radical (unpaired) electrons. The zero-order valence-electron chi connectivity index (χ0n) is 12.2. The molecule has 2 rings (SSSR count). The van der Waals surface area contributed by atoms with Gasteiger partial charge in [0, 0.05) is 14.1 Å². The highest BCUT2D eigenvalue weighted by Gasteiger charge is 2.32. The lowest BCUT2D eigenvalue weighted by Crippen LogP contribution is -2.18.